The summed E-state index contributed by atoms with van der Waals surface area (Å²) in [6.07, 6.45) is 1.63. The van der Waals surface area contributed by atoms with Crippen LogP contribution in [0.5, 0.6) is 0 Å². The first-order valence-electron chi connectivity index (χ1n) is 5.93. The van der Waals surface area contributed by atoms with E-state index in [4.69, 9.17) is 5.11 Å². The standard InChI is InChI=1S/C12H24O3/c1-8(2)10-5-4-9(3)6-12(10,15)11(14)7-13/h8-11,13-15H,4-7H2,1-3H3/t9-,10+,11?,12+/m1/s1. The van der Waals surface area contributed by atoms with Gasteiger partial charge in [0.25, 0.3) is 0 Å². The Bertz CT molecular complexity index is 205. The van der Waals surface area contributed by atoms with Crippen molar-refractivity contribution in [1.29, 1.82) is 0 Å². The Morgan fingerprint density at radius 2 is 1.93 bits per heavy atom. The van der Waals surface area contributed by atoms with E-state index < -0.39 is 11.7 Å². The highest BCUT2D eigenvalue weighted by Gasteiger charge is 2.47. The zero-order chi connectivity index (χ0) is 11.6. The fourth-order valence-electron chi connectivity index (χ4n) is 2.98. The number of aliphatic hydroxyl groups excluding tert-OH is 2. The van der Waals surface area contributed by atoms with Crippen molar-refractivity contribution in [2.24, 2.45) is 17.8 Å². The minimum absolute atomic E-state index is 0.0934. The van der Waals surface area contributed by atoms with Crippen LogP contribution in [0.15, 0.2) is 0 Å². The molecule has 3 N–H and O–H groups in total. The third-order valence-corrected chi connectivity index (χ3v) is 3.84. The third-order valence-electron chi connectivity index (χ3n) is 3.84. The summed E-state index contributed by atoms with van der Waals surface area (Å²) in [4.78, 5) is 0. The van der Waals surface area contributed by atoms with E-state index in [1.165, 1.54) is 0 Å². The fraction of sp³-hybridized carbons (Fsp3) is 1.00. The second-order valence-corrected chi connectivity index (χ2v) is 5.43. The van der Waals surface area contributed by atoms with Gasteiger partial charge in [0.2, 0.25) is 0 Å². The van der Waals surface area contributed by atoms with Crippen molar-refractivity contribution in [3.8, 4) is 0 Å². The van der Waals surface area contributed by atoms with Gasteiger partial charge in [-0.3, -0.25) is 0 Å². The highest BCUT2D eigenvalue weighted by atomic mass is 16.4. The van der Waals surface area contributed by atoms with Crippen LogP contribution in [0.25, 0.3) is 0 Å². The fourth-order valence-corrected chi connectivity index (χ4v) is 2.98. The Morgan fingerprint density at radius 1 is 1.33 bits per heavy atom. The number of rotatable bonds is 3. The van der Waals surface area contributed by atoms with E-state index in [0.717, 1.165) is 12.8 Å². The van der Waals surface area contributed by atoms with Crippen molar-refractivity contribution < 1.29 is 15.3 Å². The van der Waals surface area contributed by atoms with E-state index in [1.807, 2.05) is 0 Å². The normalized spacial score (nSPS) is 39.4. The van der Waals surface area contributed by atoms with Gasteiger partial charge in [-0.1, -0.05) is 27.2 Å². The molecule has 0 spiro atoms. The first-order chi connectivity index (χ1) is 6.91. The summed E-state index contributed by atoms with van der Waals surface area (Å²) in [6, 6.07) is 0. The van der Waals surface area contributed by atoms with E-state index in [-0.39, 0.29) is 12.5 Å². The Morgan fingerprint density at radius 3 is 2.40 bits per heavy atom. The summed E-state index contributed by atoms with van der Waals surface area (Å²) < 4.78 is 0. The zero-order valence-corrected chi connectivity index (χ0v) is 9.98. The van der Waals surface area contributed by atoms with Gasteiger partial charge in [0.1, 0.15) is 6.10 Å². The van der Waals surface area contributed by atoms with E-state index in [0.29, 0.717) is 18.3 Å². The van der Waals surface area contributed by atoms with Gasteiger partial charge in [0, 0.05) is 0 Å². The molecule has 1 aliphatic carbocycles. The predicted molar refractivity (Wildman–Crippen MR) is 59.4 cm³/mol. The molecule has 1 saturated carbocycles. The molecule has 1 aliphatic rings. The van der Waals surface area contributed by atoms with Gasteiger partial charge in [-0.2, -0.15) is 0 Å². The average Bonchev–Trinajstić information content (AvgIpc) is 2.15. The van der Waals surface area contributed by atoms with Gasteiger partial charge in [-0.25, -0.2) is 0 Å². The van der Waals surface area contributed by atoms with Gasteiger partial charge >= 0.3 is 0 Å². The quantitative estimate of drug-likeness (QED) is 0.663. The van der Waals surface area contributed by atoms with Crippen molar-refractivity contribution in [2.45, 2.75) is 51.7 Å². The highest BCUT2D eigenvalue weighted by molar-refractivity contribution is 4.98. The molecule has 0 aromatic rings. The summed E-state index contributed by atoms with van der Waals surface area (Å²) in [5.41, 5.74) is -1.10. The topological polar surface area (TPSA) is 60.7 Å². The molecule has 0 radical (unpaired) electrons. The number of hydrogen-bond acceptors (Lipinski definition) is 3. The molecule has 1 unspecified atom stereocenters. The van der Waals surface area contributed by atoms with E-state index >= 15 is 0 Å². The van der Waals surface area contributed by atoms with Gasteiger partial charge in [-0.05, 0) is 30.6 Å². The molecule has 0 aromatic carbocycles. The van der Waals surface area contributed by atoms with Crippen molar-refractivity contribution >= 4 is 0 Å². The zero-order valence-electron chi connectivity index (χ0n) is 9.98. The SMILES string of the molecule is CC(C)[C@@H]1CC[C@@H](C)C[C@@]1(O)C(O)CO. The molecule has 0 aromatic heterocycles. The van der Waals surface area contributed by atoms with Gasteiger partial charge in [-0.15, -0.1) is 0 Å². The van der Waals surface area contributed by atoms with Gasteiger partial charge in [0.15, 0.2) is 0 Å². The molecule has 0 bridgehead atoms. The monoisotopic (exact) mass is 216 g/mol. The van der Waals surface area contributed by atoms with Crippen LogP contribution in [0.2, 0.25) is 0 Å². The Labute approximate surface area is 92.1 Å². The molecule has 0 heterocycles. The highest BCUT2D eigenvalue weighted by Crippen LogP contribution is 2.42. The lowest BCUT2D eigenvalue weighted by molar-refractivity contribution is -0.165. The lowest BCUT2D eigenvalue weighted by Crippen LogP contribution is -2.55. The van der Waals surface area contributed by atoms with Crippen LogP contribution in [-0.4, -0.2) is 33.6 Å². The van der Waals surface area contributed by atoms with Crippen LogP contribution in [0.3, 0.4) is 0 Å². The first kappa shape index (κ1) is 12.9. The molecule has 3 nitrogen and oxygen atoms in total. The lowest BCUT2D eigenvalue weighted by atomic mass is 9.65. The Balaban J connectivity index is 2.85. The minimum Gasteiger partial charge on any atom is -0.394 e. The molecular formula is C12H24O3. The third kappa shape index (κ3) is 2.52. The van der Waals surface area contributed by atoms with Crippen LogP contribution in [-0.2, 0) is 0 Å². The molecule has 1 rings (SSSR count). The summed E-state index contributed by atoms with van der Waals surface area (Å²) in [6.45, 7) is 5.86. The first-order valence-corrected chi connectivity index (χ1v) is 5.93. The molecule has 0 amide bonds. The molecule has 0 aliphatic heterocycles. The van der Waals surface area contributed by atoms with Gasteiger partial charge in [0.05, 0.1) is 12.2 Å². The number of aliphatic hydroxyl groups is 3. The van der Waals surface area contributed by atoms with Crippen molar-refractivity contribution in [1.82, 2.24) is 0 Å². The second-order valence-electron chi connectivity index (χ2n) is 5.43. The average molecular weight is 216 g/mol. The Hall–Kier alpha value is -0.120. The molecule has 1 fully saturated rings. The van der Waals surface area contributed by atoms with E-state index in [2.05, 4.69) is 20.8 Å². The van der Waals surface area contributed by atoms with Crippen LogP contribution in [0.1, 0.15) is 40.0 Å². The minimum atomic E-state index is -1.10. The molecule has 15 heavy (non-hydrogen) atoms. The van der Waals surface area contributed by atoms with Gasteiger partial charge < -0.3 is 15.3 Å². The summed E-state index contributed by atoms with van der Waals surface area (Å²) in [5, 5.41) is 29.3. The van der Waals surface area contributed by atoms with Crippen LogP contribution in [0.4, 0.5) is 0 Å². The summed E-state index contributed by atoms with van der Waals surface area (Å²) in [7, 11) is 0. The second kappa shape index (κ2) is 4.81. The molecule has 3 heteroatoms. The molecule has 90 valence electrons. The predicted octanol–water partition coefficient (Wildman–Crippen LogP) is 1.16. The van der Waals surface area contributed by atoms with E-state index in [1.54, 1.807) is 0 Å². The van der Waals surface area contributed by atoms with Crippen molar-refractivity contribution in [2.75, 3.05) is 6.61 Å². The molecular weight excluding hydrogens is 192 g/mol. The van der Waals surface area contributed by atoms with Crippen LogP contribution >= 0.6 is 0 Å². The smallest absolute Gasteiger partial charge is 0.106 e. The molecule has 0 saturated heterocycles. The van der Waals surface area contributed by atoms with Crippen molar-refractivity contribution in [3.63, 3.8) is 0 Å². The lowest BCUT2D eigenvalue weighted by Gasteiger charge is -2.46. The maximum absolute atomic E-state index is 10.5. The summed E-state index contributed by atoms with van der Waals surface area (Å²) >= 11 is 0. The number of hydrogen-bond donors (Lipinski definition) is 3. The summed E-state index contributed by atoms with van der Waals surface area (Å²) in [5.74, 6) is 0.853. The van der Waals surface area contributed by atoms with Crippen molar-refractivity contribution in [3.05, 3.63) is 0 Å². The van der Waals surface area contributed by atoms with E-state index in [9.17, 15) is 10.2 Å². The van der Waals surface area contributed by atoms with Crippen LogP contribution < -0.4 is 0 Å². The largest absolute Gasteiger partial charge is 0.394 e. The Kier molecular flexibility index (Phi) is 4.15. The maximum Gasteiger partial charge on any atom is 0.106 e. The maximum atomic E-state index is 10.5. The van der Waals surface area contributed by atoms with Crippen LogP contribution in [0, 0.1) is 17.8 Å². The molecule has 4 atom stereocenters.